The van der Waals surface area contributed by atoms with Crippen LogP contribution in [-0.2, 0) is 4.79 Å². The molecule has 0 saturated carbocycles. The first-order valence-electron chi connectivity index (χ1n) is 6.47. The average molecular weight is 282 g/mol. The van der Waals surface area contributed by atoms with E-state index in [9.17, 15) is 18.0 Å². The smallest absolute Gasteiger partial charge is 0.403 e. The second kappa shape index (κ2) is 6.56. The van der Waals surface area contributed by atoms with E-state index >= 15 is 0 Å². The molecule has 1 heterocycles. The summed E-state index contributed by atoms with van der Waals surface area (Å²) in [5.74, 6) is -4.09. The number of hydrogen-bond donors (Lipinski definition) is 1. The van der Waals surface area contributed by atoms with Crippen LogP contribution >= 0.6 is 0 Å². The van der Waals surface area contributed by atoms with Crippen LogP contribution < -0.4 is 0 Å². The Labute approximate surface area is 111 Å². The SMILES string of the molecule is CCC1CN(C)CCCN1CC(C(=O)O)C(F)(F)F. The summed E-state index contributed by atoms with van der Waals surface area (Å²) in [6.07, 6.45) is -3.21. The van der Waals surface area contributed by atoms with Gasteiger partial charge < -0.3 is 10.0 Å². The second-order valence-electron chi connectivity index (χ2n) is 5.11. The molecule has 0 bridgehead atoms. The predicted octanol–water partition coefficient (Wildman–Crippen LogP) is 1.67. The number of likely N-dealkylation sites (N-methyl/N-ethyl adjacent to an activating group) is 1. The first-order valence-corrected chi connectivity index (χ1v) is 6.47. The van der Waals surface area contributed by atoms with Gasteiger partial charge in [0.05, 0.1) is 0 Å². The first kappa shape index (κ1) is 16.2. The van der Waals surface area contributed by atoms with Crippen molar-refractivity contribution >= 4 is 5.97 Å². The molecule has 2 atom stereocenters. The molecule has 1 rings (SSSR count). The molecule has 7 heteroatoms. The molecule has 1 N–H and O–H groups in total. The molecule has 2 unspecified atom stereocenters. The summed E-state index contributed by atoms with van der Waals surface area (Å²) < 4.78 is 38.2. The molecule has 0 radical (unpaired) electrons. The van der Waals surface area contributed by atoms with E-state index in [-0.39, 0.29) is 6.04 Å². The van der Waals surface area contributed by atoms with E-state index in [0.29, 0.717) is 19.5 Å². The zero-order valence-corrected chi connectivity index (χ0v) is 11.3. The molecule has 1 aliphatic rings. The molecule has 1 saturated heterocycles. The summed E-state index contributed by atoms with van der Waals surface area (Å²) in [7, 11) is 1.94. The summed E-state index contributed by atoms with van der Waals surface area (Å²) in [6, 6.07) is -0.0169. The Kier molecular flexibility index (Phi) is 5.61. The molecular formula is C12H21F3N2O2. The summed E-state index contributed by atoms with van der Waals surface area (Å²) >= 11 is 0. The third-order valence-corrected chi connectivity index (χ3v) is 3.61. The van der Waals surface area contributed by atoms with Crippen LogP contribution in [-0.4, -0.2) is 66.3 Å². The lowest BCUT2D eigenvalue weighted by Crippen LogP contribution is -2.47. The highest BCUT2D eigenvalue weighted by Crippen LogP contribution is 2.28. The molecule has 19 heavy (non-hydrogen) atoms. The molecule has 0 aromatic rings. The average Bonchev–Trinajstić information content (AvgIpc) is 2.45. The molecule has 1 aliphatic heterocycles. The van der Waals surface area contributed by atoms with Crippen LogP contribution in [0.2, 0.25) is 0 Å². The van der Waals surface area contributed by atoms with Gasteiger partial charge in [-0.15, -0.1) is 0 Å². The van der Waals surface area contributed by atoms with Gasteiger partial charge in [-0.3, -0.25) is 9.69 Å². The number of hydrogen-bond acceptors (Lipinski definition) is 3. The van der Waals surface area contributed by atoms with Gasteiger partial charge in [-0.25, -0.2) is 0 Å². The van der Waals surface area contributed by atoms with Crippen LogP contribution in [0.3, 0.4) is 0 Å². The molecule has 0 aliphatic carbocycles. The zero-order valence-electron chi connectivity index (χ0n) is 11.3. The number of carboxylic acids is 1. The fourth-order valence-electron chi connectivity index (χ4n) is 2.48. The number of carbonyl (C=O) groups is 1. The third kappa shape index (κ3) is 4.65. The molecule has 0 spiro atoms. The van der Waals surface area contributed by atoms with Gasteiger partial charge in [0.25, 0.3) is 0 Å². The normalized spacial score (nSPS) is 25.0. The van der Waals surface area contributed by atoms with Crippen LogP contribution in [0.15, 0.2) is 0 Å². The molecule has 0 aromatic heterocycles. The van der Waals surface area contributed by atoms with Crippen molar-refractivity contribution in [3.05, 3.63) is 0 Å². The highest BCUT2D eigenvalue weighted by molar-refractivity contribution is 5.71. The highest BCUT2D eigenvalue weighted by atomic mass is 19.4. The van der Waals surface area contributed by atoms with Crippen molar-refractivity contribution < 1.29 is 23.1 Å². The Bertz CT molecular complexity index is 310. The maximum Gasteiger partial charge on any atom is 0.403 e. The van der Waals surface area contributed by atoms with Crippen molar-refractivity contribution in [1.29, 1.82) is 0 Å². The molecule has 0 aromatic carbocycles. The van der Waals surface area contributed by atoms with E-state index in [1.54, 1.807) is 4.90 Å². The predicted molar refractivity (Wildman–Crippen MR) is 64.9 cm³/mol. The van der Waals surface area contributed by atoms with Crippen LogP contribution in [0.4, 0.5) is 13.2 Å². The van der Waals surface area contributed by atoms with Crippen molar-refractivity contribution in [3.63, 3.8) is 0 Å². The Morgan fingerprint density at radius 1 is 1.42 bits per heavy atom. The van der Waals surface area contributed by atoms with Crippen LogP contribution in [0.5, 0.6) is 0 Å². The minimum Gasteiger partial charge on any atom is -0.481 e. The van der Waals surface area contributed by atoms with E-state index in [1.807, 2.05) is 14.0 Å². The van der Waals surface area contributed by atoms with E-state index < -0.39 is 24.6 Å². The lowest BCUT2D eigenvalue weighted by Gasteiger charge is -2.32. The maximum atomic E-state index is 12.7. The largest absolute Gasteiger partial charge is 0.481 e. The molecular weight excluding hydrogens is 261 g/mol. The van der Waals surface area contributed by atoms with Crippen LogP contribution in [0.1, 0.15) is 19.8 Å². The number of aliphatic carboxylic acids is 1. The van der Waals surface area contributed by atoms with Crippen molar-refractivity contribution in [1.82, 2.24) is 9.80 Å². The number of carboxylic acid groups (broad SMARTS) is 1. The molecule has 0 amide bonds. The minimum atomic E-state index is -4.69. The first-order chi connectivity index (χ1) is 8.75. The topological polar surface area (TPSA) is 43.8 Å². The van der Waals surface area contributed by atoms with Gasteiger partial charge in [-0.05, 0) is 33.0 Å². The van der Waals surface area contributed by atoms with Crippen LogP contribution in [0.25, 0.3) is 0 Å². The van der Waals surface area contributed by atoms with Crippen molar-refractivity contribution in [2.75, 3.05) is 33.2 Å². The quantitative estimate of drug-likeness (QED) is 0.852. The Balaban J connectivity index is 2.78. The number of nitrogens with zero attached hydrogens (tertiary/aromatic N) is 2. The highest BCUT2D eigenvalue weighted by Gasteiger charge is 2.46. The monoisotopic (exact) mass is 282 g/mol. The van der Waals surface area contributed by atoms with E-state index in [2.05, 4.69) is 4.90 Å². The Morgan fingerprint density at radius 2 is 2.05 bits per heavy atom. The Hall–Kier alpha value is -0.820. The third-order valence-electron chi connectivity index (χ3n) is 3.61. The van der Waals surface area contributed by atoms with Gasteiger partial charge >= 0.3 is 12.1 Å². The van der Waals surface area contributed by atoms with Crippen molar-refractivity contribution in [3.8, 4) is 0 Å². The molecule has 112 valence electrons. The second-order valence-corrected chi connectivity index (χ2v) is 5.11. The fraction of sp³-hybridized carbons (Fsp3) is 0.917. The van der Waals surface area contributed by atoms with Crippen molar-refractivity contribution in [2.24, 2.45) is 5.92 Å². The lowest BCUT2D eigenvalue weighted by molar-refractivity contribution is -0.197. The van der Waals surface area contributed by atoms with E-state index in [4.69, 9.17) is 5.11 Å². The Morgan fingerprint density at radius 3 is 2.53 bits per heavy atom. The van der Waals surface area contributed by atoms with Gasteiger partial charge in [-0.2, -0.15) is 13.2 Å². The number of alkyl halides is 3. The fourth-order valence-corrected chi connectivity index (χ4v) is 2.48. The van der Waals surface area contributed by atoms with E-state index in [1.165, 1.54) is 0 Å². The molecule has 4 nitrogen and oxygen atoms in total. The zero-order chi connectivity index (χ0) is 14.6. The maximum absolute atomic E-state index is 12.7. The van der Waals surface area contributed by atoms with Gasteiger partial charge in [-0.1, -0.05) is 6.92 Å². The lowest BCUT2D eigenvalue weighted by atomic mass is 10.1. The van der Waals surface area contributed by atoms with Gasteiger partial charge in [0.2, 0.25) is 0 Å². The summed E-state index contributed by atoms with van der Waals surface area (Å²) in [6.45, 7) is 3.49. The summed E-state index contributed by atoms with van der Waals surface area (Å²) in [5.41, 5.74) is 0. The molecule has 1 fully saturated rings. The van der Waals surface area contributed by atoms with E-state index in [0.717, 1.165) is 13.0 Å². The van der Waals surface area contributed by atoms with Gasteiger partial charge in [0, 0.05) is 19.1 Å². The van der Waals surface area contributed by atoms with Gasteiger partial charge in [0.15, 0.2) is 5.92 Å². The van der Waals surface area contributed by atoms with Gasteiger partial charge in [0.1, 0.15) is 0 Å². The minimum absolute atomic E-state index is 0.0169. The number of rotatable bonds is 4. The standard InChI is InChI=1S/C12H21F3N2O2/c1-3-9-7-16(2)5-4-6-17(9)8-10(11(18)19)12(13,14)15/h9-10H,3-8H2,1-2H3,(H,18,19). The van der Waals surface area contributed by atoms with Crippen LogP contribution in [0, 0.1) is 5.92 Å². The summed E-state index contributed by atoms with van der Waals surface area (Å²) in [5, 5.41) is 8.76. The number of halogens is 3. The van der Waals surface area contributed by atoms with Crippen molar-refractivity contribution in [2.45, 2.75) is 32.0 Å². The summed E-state index contributed by atoms with van der Waals surface area (Å²) in [4.78, 5) is 14.6.